The van der Waals surface area contributed by atoms with Gasteiger partial charge in [-0.05, 0) is 26.9 Å². The maximum atomic E-state index is 4.66. The predicted octanol–water partition coefficient (Wildman–Crippen LogP) is 1.73. The monoisotopic (exact) mass is 252 g/mol. The Labute approximate surface area is 107 Å². The van der Waals surface area contributed by atoms with Gasteiger partial charge in [-0.25, -0.2) is 4.98 Å². The van der Waals surface area contributed by atoms with E-state index in [-0.39, 0.29) is 0 Å². The van der Waals surface area contributed by atoms with E-state index in [0.29, 0.717) is 0 Å². The van der Waals surface area contributed by atoms with Gasteiger partial charge in [-0.3, -0.25) is 4.98 Å². The molecule has 0 radical (unpaired) electrons. The number of thioether (sulfide) groups is 1. The fraction of sp³-hybridized carbons (Fsp3) is 0.667. The summed E-state index contributed by atoms with van der Waals surface area (Å²) < 4.78 is 0. The van der Waals surface area contributed by atoms with Gasteiger partial charge < -0.3 is 9.80 Å². The quantitative estimate of drug-likeness (QED) is 0.745. The van der Waals surface area contributed by atoms with Crippen LogP contribution < -0.4 is 4.90 Å². The highest BCUT2D eigenvalue weighted by molar-refractivity contribution is 7.99. The van der Waals surface area contributed by atoms with E-state index in [1.165, 1.54) is 12.8 Å². The zero-order valence-electron chi connectivity index (χ0n) is 10.6. The summed E-state index contributed by atoms with van der Waals surface area (Å²) in [5.74, 6) is 2.10. The second-order valence-corrected chi connectivity index (χ2v) is 5.68. The summed E-state index contributed by atoms with van der Waals surface area (Å²) in [6.07, 6.45) is 6.29. The van der Waals surface area contributed by atoms with Gasteiger partial charge in [0.25, 0.3) is 0 Å². The highest BCUT2D eigenvalue weighted by Crippen LogP contribution is 2.20. The van der Waals surface area contributed by atoms with Crippen LogP contribution in [0.1, 0.15) is 12.8 Å². The van der Waals surface area contributed by atoms with E-state index in [1.54, 1.807) is 11.8 Å². The number of anilines is 1. The van der Waals surface area contributed by atoms with Crippen molar-refractivity contribution in [1.82, 2.24) is 14.9 Å². The average molecular weight is 252 g/mol. The molecule has 0 aliphatic carbocycles. The van der Waals surface area contributed by atoms with Gasteiger partial charge in [0.05, 0.1) is 12.4 Å². The third-order valence-corrected chi connectivity index (χ3v) is 3.70. The van der Waals surface area contributed by atoms with E-state index in [0.717, 1.165) is 36.2 Å². The molecule has 1 fully saturated rings. The van der Waals surface area contributed by atoms with Crippen LogP contribution in [-0.2, 0) is 0 Å². The summed E-state index contributed by atoms with van der Waals surface area (Å²) >= 11 is 1.78. The number of hydrogen-bond acceptors (Lipinski definition) is 5. The van der Waals surface area contributed by atoms with E-state index in [2.05, 4.69) is 33.9 Å². The van der Waals surface area contributed by atoms with Crippen molar-refractivity contribution in [3.05, 3.63) is 12.4 Å². The lowest BCUT2D eigenvalue weighted by Crippen LogP contribution is -2.19. The molecule has 0 spiro atoms. The average Bonchev–Trinajstić information content (AvgIpc) is 2.82. The molecule has 1 aliphatic rings. The van der Waals surface area contributed by atoms with Crippen molar-refractivity contribution in [2.45, 2.75) is 17.9 Å². The normalized spacial score (nSPS) is 15.8. The van der Waals surface area contributed by atoms with Gasteiger partial charge in [0, 0.05) is 25.4 Å². The first-order chi connectivity index (χ1) is 8.25. The first-order valence-corrected chi connectivity index (χ1v) is 7.09. The van der Waals surface area contributed by atoms with Gasteiger partial charge in [0.2, 0.25) is 0 Å². The summed E-state index contributed by atoms with van der Waals surface area (Å²) in [5.41, 5.74) is 0. The highest BCUT2D eigenvalue weighted by atomic mass is 32.2. The van der Waals surface area contributed by atoms with E-state index in [9.17, 15) is 0 Å². The molecule has 1 saturated heterocycles. The van der Waals surface area contributed by atoms with Gasteiger partial charge in [0.15, 0.2) is 0 Å². The minimum atomic E-state index is 1.04. The van der Waals surface area contributed by atoms with E-state index in [1.807, 2.05) is 12.4 Å². The fourth-order valence-corrected chi connectivity index (χ4v) is 2.80. The van der Waals surface area contributed by atoms with Crippen molar-refractivity contribution in [2.24, 2.45) is 0 Å². The molecule has 0 unspecified atom stereocenters. The molecule has 2 rings (SSSR count). The number of aromatic nitrogens is 2. The Balaban J connectivity index is 1.91. The lowest BCUT2D eigenvalue weighted by atomic mass is 10.4. The van der Waals surface area contributed by atoms with Crippen molar-refractivity contribution < 1.29 is 0 Å². The van der Waals surface area contributed by atoms with Crippen molar-refractivity contribution in [1.29, 1.82) is 0 Å². The lowest BCUT2D eigenvalue weighted by molar-refractivity contribution is 0.437. The van der Waals surface area contributed by atoms with Crippen LogP contribution in [0.15, 0.2) is 17.4 Å². The van der Waals surface area contributed by atoms with Crippen LogP contribution in [0.25, 0.3) is 0 Å². The largest absolute Gasteiger partial charge is 0.355 e. The molecule has 0 N–H and O–H groups in total. The Morgan fingerprint density at radius 2 is 2.06 bits per heavy atom. The van der Waals surface area contributed by atoms with Crippen LogP contribution in [0, 0.1) is 0 Å². The highest BCUT2D eigenvalue weighted by Gasteiger charge is 2.14. The first-order valence-electron chi connectivity index (χ1n) is 6.10. The van der Waals surface area contributed by atoms with Crippen LogP contribution in [0.2, 0.25) is 0 Å². The van der Waals surface area contributed by atoms with Gasteiger partial charge in [0.1, 0.15) is 10.8 Å². The Morgan fingerprint density at radius 1 is 1.29 bits per heavy atom. The third kappa shape index (κ3) is 3.85. The molecule has 0 saturated carbocycles. The zero-order chi connectivity index (χ0) is 12.1. The minimum Gasteiger partial charge on any atom is -0.355 e. The van der Waals surface area contributed by atoms with E-state index >= 15 is 0 Å². The summed E-state index contributed by atoms with van der Waals surface area (Å²) in [5, 5.41) is 1.04. The molecule has 1 aliphatic heterocycles. The number of hydrogen-bond donors (Lipinski definition) is 0. The van der Waals surface area contributed by atoms with Crippen molar-refractivity contribution in [3.63, 3.8) is 0 Å². The van der Waals surface area contributed by atoms with Crippen LogP contribution >= 0.6 is 11.8 Å². The third-order valence-electron chi connectivity index (χ3n) is 2.82. The Hall–Kier alpha value is -0.810. The van der Waals surface area contributed by atoms with E-state index in [4.69, 9.17) is 0 Å². The van der Waals surface area contributed by atoms with Crippen LogP contribution in [0.3, 0.4) is 0 Å². The van der Waals surface area contributed by atoms with Gasteiger partial charge in [-0.15, -0.1) is 11.8 Å². The maximum Gasteiger partial charge on any atom is 0.148 e. The Kier molecular flexibility index (Phi) is 4.62. The molecular formula is C12H20N4S. The summed E-state index contributed by atoms with van der Waals surface area (Å²) in [7, 11) is 4.18. The molecule has 94 valence electrons. The summed E-state index contributed by atoms with van der Waals surface area (Å²) in [6, 6.07) is 0. The first kappa shape index (κ1) is 12.6. The number of rotatable bonds is 5. The molecule has 0 atom stereocenters. The second-order valence-electron chi connectivity index (χ2n) is 4.56. The standard InChI is InChI=1S/C12H20N4S/c1-15(2)7-8-17-12-10-13-9-11(14-12)16-5-3-4-6-16/h9-10H,3-8H2,1-2H3. The zero-order valence-corrected chi connectivity index (χ0v) is 11.4. The fourth-order valence-electron chi connectivity index (χ4n) is 1.84. The van der Waals surface area contributed by atoms with Crippen LogP contribution in [0.5, 0.6) is 0 Å². The summed E-state index contributed by atoms with van der Waals surface area (Å²) in [6.45, 7) is 3.32. The smallest absolute Gasteiger partial charge is 0.148 e. The number of nitrogens with zero attached hydrogens (tertiary/aromatic N) is 4. The Bertz CT molecular complexity index is 350. The van der Waals surface area contributed by atoms with E-state index < -0.39 is 0 Å². The molecule has 2 heterocycles. The predicted molar refractivity (Wildman–Crippen MR) is 72.8 cm³/mol. The molecule has 0 aromatic carbocycles. The van der Waals surface area contributed by atoms with Gasteiger partial charge >= 0.3 is 0 Å². The maximum absolute atomic E-state index is 4.66. The molecule has 0 bridgehead atoms. The molecule has 17 heavy (non-hydrogen) atoms. The van der Waals surface area contributed by atoms with Crippen molar-refractivity contribution >= 4 is 17.6 Å². The molecule has 4 nitrogen and oxygen atoms in total. The summed E-state index contributed by atoms with van der Waals surface area (Å²) in [4.78, 5) is 13.5. The van der Waals surface area contributed by atoms with Gasteiger partial charge in [-0.1, -0.05) is 0 Å². The lowest BCUT2D eigenvalue weighted by Gasteiger charge is -2.16. The molecule has 5 heteroatoms. The second kappa shape index (κ2) is 6.21. The van der Waals surface area contributed by atoms with Crippen LogP contribution in [-0.4, -0.2) is 54.4 Å². The van der Waals surface area contributed by atoms with Crippen LogP contribution in [0.4, 0.5) is 5.82 Å². The molecule has 1 aromatic heterocycles. The topological polar surface area (TPSA) is 32.3 Å². The molecule has 1 aromatic rings. The molecule has 0 amide bonds. The Morgan fingerprint density at radius 3 is 2.76 bits per heavy atom. The minimum absolute atomic E-state index is 1.04. The molecular weight excluding hydrogens is 232 g/mol. The van der Waals surface area contributed by atoms with Crippen molar-refractivity contribution in [2.75, 3.05) is 44.4 Å². The SMILES string of the molecule is CN(C)CCSc1cncc(N2CCCC2)n1. The van der Waals surface area contributed by atoms with Crippen molar-refractivity contribution in [3.8, 4) is 0 Å². The van der Waals surface area contributed by atoms with Gasteiger partial charge in [-0.2, -0.15) is 0 Å².